The minimum atomic E-state index is 0.283. The standard InChI is InChI=1S/C13H12BrClN2/c1-8(2)11-12(16-7-17-13(11)15)9-5-3-4-6-10(9)14/h3-8H,1-2H3. The van der Waals surface area contributed by atoms with Crippen molar-refractivity contribution in [3.8, 4) is 11.3 Å². The third-order valence-electron chi connectivity index (χ3n) is 2.54. The molecule has 0 saturated heterocycles. The van der Waals surface area contributed by atoms with Gasteiger partial charge in [-0.15, -0.1) is 0 Å². The molecule has 0 aliphatic carbocycles. The van der Waals surface area contributed by atoms with Gasteiger partial charge in [0.1, 0.15) is 11.5 Å². The summed E-state index contributed by atoms with van der Waals surface area (Å²) in [7, 11) is 0. The Bertz CT molecular complexity index is 541. The lowest BCUT2D eigenvalue weighted by atomic mass is 9.99. The molecule has 2 rings (SSSR count). The molecule has 0 N–H and O–H groups in total. The van der Waals surface area contributed by atoms with Gasteiger partial charge >= 0.3 is 0 Å². The third kappa shape index (κ3) is 2.50. The molecule has 0 saturated carbocycles. The summed E-state index contributed by atoms with van der Waals surface area (Å²) in [5, 5.41) is 0.528. The summed E-state index contributed by atoms with van der Waals surface area (Å²) in [5.41, 5.74) is 2.93. The van der Waals surface area contributed by atoms with E-state index in [1.54, 1.807) is 0 Å². The molecule has 0 aliphatic rings. The van der Waals surface area contributed by atoms with E-state index in [0.29, 0.717) is 5.15 Å². The van der Waals surface area contributed by atoms with Crippen molar-refractivity contribution in [2.75, 3.05) is 0 Å². The molecule has 0 bridgehead atoms. The van der Waals surface area contributed by atoms with E-state index >= 15 is 0 Å². The van der Waals surface area contributed by atoms with Crippen molar-refractivity contribution in [3.63, 3.8) is 0 Å². The highest BCUT2D eigenvalue weighted by Gasteiger charge is 2.16. The zero-order chi connectivity index (χ0) is 12.4. The Morgan fingerprint density at radius 1 is 1.18 bits per heavy atom. The molecule has 0 spiro atoms. The van der Waals surface area contributed by atoms with Crippen LogP contribution in [0.5, 0.6) is 0 Å². The predicted octanol–water partition coefficient (Wildman–Crippen LogP) is 4.68. The van der Waals surface area contributed by atoms with E-state index in [1.165, 1.54) is 6.33 Å². The van der Waals surface area contributed by atoms with Gasteiger partial charge in [0.15, 0.2) is 0 Å². The molecule has 2 aromatic rings. The minimum Gasteiger partial charge on any atom is -0.236 e. The second kappa shape index (κ2) is 5.15. The van der Waals surface area contributed by atoms with Crippen LogP contribution in [0.25, 0.3) is 11.3 Å². The molecule has 1 aromatic carbocycles. The van der Waals surface area contributed by atoms with Crippen molar-refractivity contribution in [2.45, 2.75) is 19.8 Å². The van der Waals surface area contributed by atoms with Gasteiger partial charge in [0.2, 0.25) is 0 Å². The molecule has 0 amide bonds. The molecule has 2 nitrogen and oxygen atoms in total. The fourth-order valence-electron chi connectivity index (χ4n) is 1.75. The van der Waals surface area contributed by atoms with Crippen LogP contribution in [0.2, 0.25) is 5.15 Å². The fourth-order valence-corrected chi connectivity index (χ4v) is 2.58. The maximum atomic E-state index is 6.16. The second-order valence-corrected chi connectivity index (χ2v) is 5.27. The van der Waals surface area contributed by atoms with E-state index in [0.717, 1.165) is 21.3 Å². The Kier molecular flexibility index (Phi) is 3.79. The Balaban J connectivity index is 2.68. The molecule has 1 heterocycles. The number of halogens is 2. The molecule has 0 fully saturated rings. The van der Waals surface area contributed by atoms with Crippen molar-refractivity contribution in [1.82, 2.24) is 9.97 Å². The number of aromatic nitrogens is 2. The zero-order valence-corrected chi connectivity index (χ0v) is 12.0. The third-order valence-corrected chi connectivity index (χ3v) is 3.53. The highest BCUT2D eigenvalue weighted by atomic mass is 79.9. The van der Waals surface area contributed by atoms with Crippen molar-refractivity contribution < 1.29 is 0 Å². The van der Waals surface area contributed by atoms with Crippen molar-refractivity contribution in [1.29, 1.82) is 0 Å². The lowest BCUT2D eigenvalue weighted by Crippen LogP contribution is -1.99. The Morgan fingerprint density at radius 2 is 1.88 bits per heavy atom. The lowest BCUT2D eigenvalue weighted by molar-refractivity contribution is 0.849. The summed E-state index contributed by atoms with van der Waals surface area (Å²) in [6.45, 7) is 4.18. The van der Waals surface area contributed by atoms with Gasteiger partial charge in [-0.1, -0.05) is 59.6 Å². The van der Waals surface area contributed by atoms with Gasteiger partial charge in [0.05, 0.1) is 5.69 Å². The van der Waals surface area contributed by atoms with E-state index in [-0.39, 0.29) is 5.92 Å². The summed E-state index contributed by atoms with van der Waals surface area (Å²) in [4.78, 5) is 8.42. The lowest BCUT2D eigenvalue weighted by Gasteiger charge is -2.13. The molecular weight excluding hydrogens is 300 g/mol. The van der Waals surface area contributed by atoms with Crippen molar-refractivity contribution >= 4 is 27.5 Å². The zero-order valence-electron chi connectivity index (χ0n) is 9.61. The summed E-state index contributed by atoms with van der Waals surface area (Å²) < 4.78 is 1.01. The average Bonchev–Trinajstić information content (AvgIpc) is 2.28. The topological polar surface area (TPSA) is 25.8 Å². The van der Waals surface area contributed by atoms with Crippen LogP contribution in [0.3, 0.4) is 0 Å². The molecule has 0 unspecified atom stereocenters. The van der Waals surface area contributed by atoms with Crippen LogP contribution >= 0.6 is 27.5 Å². The largest absolute Gasteiger partial charge is 0.236 e. The van der Waals surface area contributed by atoms with Gasteiger partial charge < -0.3 is 0 Å². The molecule has 88 valence electrons. The van der Waals surface area contributed by atoms with Crippen LogP contribution in [-0.4, -0.2) is 9.97 Å². The van der Waals surface area contributed by atoms with E-state index in [2.05, 4.69) is 39.7 Å². The van der Waals surface area contributed by atoms with Gasteiger partial charge in [0.25, 0.3) is 0 Å². The number of rotatable bonds is 2. The fraction of sp³-hybridized carbons (Fsp3) is 0.231. The molecular formula is C13H12BrClN2. The number of benzene rings is 1. The summed E-state index contributed by atoms with van der Waals surface area (Å²) >= 11 is 9.70. The van der Waals surface area contributed by atoms with Gasteiger partial charge in [-0.25, -0.2) is 9.97 Å². The van der Waals surface area contributed by atoms with Crippen LogP contribution in [-0.2, 0) is 0 Å². The molecule has 0 aliphatic heterocycles. The monoisotopic (exact) mass is 310 g/mol. The normalized spacial score (nSPS) is 10.9. The first kappa shape index (κ1) is 12.5. The van der Waals surface area contributed by atoms with Gasteiger partial charge in [-0.05, 0) is 12.0 Å². The van der Waals surface area contributed by atoms with Crippen molar-refractivity contribution in [3.05, 3.63) is 45.8 Å². The van der Waals surface area contributed by atoms with Gasteiger partial charge in [0, 0.05) is 15.6 Å². The molecule has 0 radical (unpaired) electrons. The molecule has 17 heavy (non-hydrogen) atoms. The first-order valence-corrected chi connectivity index (χ1v) is 6.53. The summed E-state index contributed by atoms with van der Waals surface area (Å²) in [6.07, 6.45) is 1.50. The van der Waals surface area contributed by atoms with Crippen molar-refractivity contribution in [2.24, 2.45) is 0 Å². The maximum absolute atomic E-state index is 6.16. The quantitative estimate of drug-likeness (QED) is 0.752. The van der Waals surface area contributed by atoms with Crippen LogP contribution in [0, 0.1) is 0 Å². The maximum Gasteiger partial charge on any atom is 0.136 e. The SMILES string of the molecule is CC(C)c1c(Cl)ncnc1-c1ccccc1Br. The van der Waals surface area contributed by atoms with Crippen LogP contribution in [0.1, 0.15) is 25.3 Å². The summed E-state index contributed by atoms with van der Waals surface area (Å²) in [5.74, 6) is 0.283. The first-order chi connectivity index (χ1) is 8.11. The predicted molar refractivity (Wildman–Crippen MR) is 74.3 cm³/mol. The van der Waals surface area contributed by atoms with E-state index in [1.807, 2.05) is 24.3 Å². The minimum absolute atomic E-state index is 0.283. The number of hydrogen-bond acceptors (Lipinski definition) is 2. The van der Waals surface area contributed by atoms with E-state index in [9.17, 15) is 0 Å². The Hall–Kier alpha value is -0.930. The second-order valence-electron chi connectivity index (χ2n) is 4.06. The summed E-state index contributed by atoms with van der Waals surface area (Å²) in [6, 6.07) is 7.98. The first-order valence-electron chi connectivity index (χ1n) is 5.36. The highest BCUT2D eigenvalue weighted by Crippen LogP contribution is 2.34. The van der Waals surface area contributed by atoms with Gasteiger partial charge in [-0.3, -0.25) is 0 Å². The average molecular weight is 312 g/mol. The Labute approximate surface area is 114 Å². The van der Waals surface area contributed by atoms with Crippen LogP contribution in [0.15, 0.2) is 35.1 Å². The van der Waals surface area contributed by atoms with Crippen LogP contribution in [0.4, 0.5) is 0 Å². The number of hydrogen-bond donors (Lipinski definition) is 0. The number of nitrogens with zero attached hydrogens (tertiary/aromatic N) is 2. The molecule has 4 heteroatoms. The van der Waals surface area contributed by atoms with E-state index < -0.39 is 0 Å². The Morgan fingerprint density at radius 3 is 2.53 bits per heavy atom. The van der Waals surface area contributed by atoms with Crippen LogP contribution < -0.4 is 0 Å². The van der Waals surface area contributed by atoms with E-state index in [4.69, 9.17) is 11.6 Å². The molecule has 1 aromatic heterocycles. The van der Waals surface area contributed by atoms with Gasteiger partial charge in [-0.2, -0.15) is 0 Å². The molecule has 0 atom stereocenters. The smallest absolute Gasteiger partial charge is 0.136 e. The highest BCUT2D eigenvalue weighted by molar-refractivity contribution is 9.10.